The van der Waals surface area contributed by atoms with Gasteiger partial charge in [0.2, 0.25) is 5.91 Å². The van der Waals surface area contributed by atoms with Crippen LogP contribution in [0.4, 0.5) is 5.82 Å². The van der Waals surface area contributed by atoms with Crippen molar-refractivity contribution >= 4 is 11.7 Å². The second-order valence-electron chi connectivity index (χ2n) is 4.65. The third-order valence-corrected chi connectivity index (χ3v) is 3.51. The molecule has 1 aromatic heterocycles. The first kappa shape index (κ1) is 11.8. The molecule has 0 aliphatic carbocycles. The van der Waals surface area contributed by atoms with E-state index in [1.54, 1.807) is 11.8 Å². The Balaban J connectivity index is 2.02. The molecule has 0 saturated carbocycles. The molecule has 5 nitrogen and oxygen atoms in total. The molecule has 1 N–H and O–H groups in total. The topological polar surface area (TPSA) is 56.1 Å². The fourth-order valence-corrected chi connectivity index (χ4v) is 2.47. The van der Waals surface area contributed by atoms with E-state index < -0.39 is 0 Å². The highest BCUT2D eigenvalue weighted by atomic mass is 16.5. The Morgan fingerprint density at radius 2 is 2.11 bits per heavy atom. The Labute approximate surface area is 111 Å². The molecule has 1 aromatic carbocycles. The second-order valence-corrected chi connectivity index (χ2v) is 4.65. The molecule has 0 fully saturated rings. The van der Waals surface area contributed by atoms with Gasteiger partial charge in [-0.3, -0.25) is 9.48 Å². The lowest BCUT2D eigenvalue weighted by Gasteiger charge is -2.23. The Morgan fingerprint density at radius 3 is 2.79 bits per heavy atom. The standard InChI is InChI=1S/C14H15N3O2/c1-17-14-12(8-15-17)11(7-13(18)16-14)9-3-5-10(19-2)6-4-9/h3-6,8,11H,7H2,1-2H3,(H,16,18)/t11-/m1/s1. The van der Waals surface area contributed by atoms with Crippen LogP contribution in [0.2, 0.25) is 0 Å². The summed E-state index contributed by atoms with van der Waals surface area (Å²) in [6.07, 6.45) is 2.27. The highest BCUT2D eigenvalue weighted by Gasteiger charge is 2.29. The van der Waals surface area contributed by atoms with Gasteiger partial charge >= 0.3 is 0 Å². The number of hydrogen-bond acceptors (Lipinski definition) is 3. The van der Waals surface area contributed by atoms with Gasteiger partial charge in [-0.2, -0.15) is 5.10 Å². The average Bonchev–Trinajstić information content (AvgIpc) is 2.80. The summed E-state index contributed by atoms with van der Waals surface area (Å²) in [7, 11) is 3.47. The first-order chi connectivity index (χ1) is 9.19. The zero-order valence-corrected chi connectivity index (χ0v) is 10.9. The predicted molar refractivity (Wildman–Crippen MR) is 71.3 cm³/mol. The minimum Gasteiger partial charge on any atom is -0.497 e. The van der Waals surface area contributed by atoms with Crippen molar-refractivity contribution in [3.8, 4) is 5.75 Å². The smallest absolute Gasteiger partial charge is 0.226 e. The van der Waals surface area contributed by atoms with Crippen molar-refractivity contribution in [2.45, 2.75) is 12.3 Å². The van der Waals surface area contributed by atoms with Crippen LogP contribution in [0.5, 0.6) is 5.75 Å². The number of nitrogens with zero attached hydrogens (tertiary/aromatic N) is 2. The minimum atomic E-state index is 0.0249. The molecule has 1 aliphatic heterocycles. The van der Waals surface area contributed by atoms with Gasteiger partial charge in [0.05, 0.1) is 13.3 Å². The number of amides is 1. The molecule has 3 rings (SSSR count). The van der Waals surface area contributed by atoms with Crippen molar-refractivity contribution in [1.82, 2.24) is 9.78 Å². The van der Waals surface area contributed by atoms with Crippen LogP contribution >= 0.6 is 0 Å². The number of anilines is 1. The molecular weight excluding hydrogens is 242 g/mol. The Hall–Kier alpha value is -2.30. The number of aromatic nitrogens is 2. The number of ether oxygens (including phenoxy) is 1. The Morgan fingerprint density at radius 1 is 1.37 bits per heavy atom. The number of aryl methyl sites for hydroxylation is 1. The van der Waals surface area contributed by atoms with Crippen LogP contribution < -0.4 is 10.1 Å². The summed E-state index contributed by atoms with van der Waals surface area (Å²) >= 11 is 0. The fraction of sp³-hybridized carbons (Fsp3) is 0.286. The summed E-state index contributed by atoms with van der Waals surface area (Å²) in [5.74, 6) is 1.69. The van der Waals surface area contributed by atoms with E-state index in [1.165, 1.54) is 0 Å². The highest BCUT2D eigenvalue weighted by molar-refractivity contribution is 5.94. The molecule has 2 aromatic rings. The number of rotatable bonds is 2. The molecule has 2 heterocycles. The number of carbonyl (C=O) groups excluding carboxylic acids is 1. The van der Waals surface area contributed by atoms with Crippen LogP contribution in [-0.2, 0) is 11.8 Å². The first-order valence-electron chi connectivity index (χ1n) is 6.14. The monoisotopic (exact) mass is 257 g/mol. The molecule has 0 spiro atoms. The third kappa shape index (κ3) is 1.97. The maximum absolute atomic E-state index is 11.8. The van der Waals surface area contributed by atoms with Crippen molar-refractivity contribution in [2.24, 2.45) is 7.05 Å². The van der Waals surface area contributed by atoms with Gasteiger partial charge in [-0.15, -0.1) is 0 Å². The lowest BCUT2D eigenvalue weighted by Crippen LogP contribution is -2.24. The number of hydrogen-bond donors (Lipinski definition) is 1. The van der Waals surface area contributed by atoms with Gasteiger partial charge in [-0.25, -0.2) is 0 Å². The van der Waals surface area contributed by atoms with Crippen molar-refractivity contribution in [3.63, 3.8) is 0 Å². The number of benzene rings is 1. The summed E-state index contributed by atoms with van der Waals surface area (Å²) in [6.45, 7) is 0. The van der Waals surface area contributed by atoms with E-state index in [2.05, 4.69) is 10.4 Å². The molecule has 1 amide bonds. The van der Waals surface area contributed by atoms with Gasteiger partial charge in [0.15, 0.2) is 0 Å². The van der Waals surface area contributed by atoms with Gasteiger partial charge in [0, 0.05) is 24.9 Å². The molecule has 0 bridgehead atoms. The molecule has 1 atom stereocenters. The van der Waals surface area contributed by atoms with E-state index in [0.717, 1.165) is 22.7 Å². The maximum Gasteiger partial charge on any atom is 0.226 e. The van der Waals surface area contributed by atoms with Crippen LogP contribution in [0.1, 0.15) is 23.5 Å². The molecule has 0 saturated heterocycles. The van der Waals surface area contributed by atoms with E-state index in [0.29, 0.717) is 6.42 Å². The van der Waals surface area contributed by atoms with E-state index in [1.807, 2.05) is 37.5 Å². The molecule has 98 valence electrons. The van der Waals surface area contributed by atoms with Crippen molar-refractivity contribution < 1.29 is 9.53 Å². The van der Waals surface area contributed by atoms with Crippen LogP contribution in [0.3, 0.4) is 0 Å². The summed E-state index contributed by atoms with van der Waals surface area (Å²) in [5, 5.41) is 7.09. The van der Waals surface area contributed by atoms with Crippen LogP contribution in [0, 0.1) is 0 Å². The van der Waals surface area contributed by atoms with Gasteiger partial charge in [0.1, 0.15) is 11.6 Å². The van der Waals surface area contributed by atoms with E-state index in [4.69, 9.17) is 4.74 Å². The number of nitrogens with one attached hydrogen (secondary N) is 1. The normalized spacial score (nSPS) is 17.8. The van der Waals surface area contributed by atoms with Crippen LogP contribution in [0.25, 0.3) is 0 Å². The second kappa shape index (κ2) is 4.42. The van der Waals surface area contributed by atoms with Crippen molar-refractivity contribution in [1.29, 1.82) is 0 Å². The van der Waals surface area contributed by atoms with E-state index >= 15 is 0 Å². The van der Waals surface area contributed by atoms with Gasteiger partial charge in [0.25, 0.3) is 0 Å². The van der Waals surface area contributed by atoms with E-state index in [9.17, 15) is 4.79 Å². The number of fused-ring (bicyclic) bond motifs is 1. The van der Waals surface area contributed by atoms with Crippen molar-refractivity contribution in [3.05, 3.63) is 41.6 Å². The summed E-state index contributed by atoms with van der Waals surface area (Å²) in [5.41, 5.74) is 2.16. The number of carbonyl (C=O) groups is 1. The lowest BCUT2D eigenvalue weighted by atomic mass is 9.87. The molecule has 0 unspecified atom stereocenters. The predicted octanol–water partition coefficient (Wildman–Crippen LogP) is 1.90. The zero-order valence-electron chi connectivity index (χ0n) is 10.9. The molecular formula is C14H15N3O2. The van der Waals surface area contributed by atoms with Crippen molar-refractivity contribution in [2.75, 3.05) is 12.4 Å². The van der Waals surface area contributed by atoms with Gasteiger partial charge < -0.3 is 10.1 Å². The summed E-state index contributed by atoms with van der Waals surface area (Å²) < 4.78 is 6.85. The molecule has 5 heteroatoms. The average molecular weight is 257 g/mol. The SMILES string of the molecule is COc1ccc([C@H]2CC(=O)Nc3c2cnn3C)cc1. The van der Waals surface area contributed by atoms with Crippen LogP contribution in [-0.4, -0.2) is 22.8 Å². The highest BCUT2D eigenvalue weighted by Crippen LogP contribution is 2.36. The Bertz CT molecular complexity index is 616. The van der Waals surface area contributed by atoms with E-state index in [-0.39, 0.29) is 11.8 Å². The molecule has 0 radical (unpaired) electrons. The molecule has 1 aliphatic rings. The van der Waals surface area contributed by atoms with Gasteiger partial charge in [-0.1, -0.05) is 12.1 Å². The van der Waals surface area contributed by atoms with Gasteiger partial charge in [-0.05, 0) is 17.7 Å². The summed E-state index contributed by atoms with van der Waals surface area (Å²) in [4.78, 5) is 11.8. The molecule has 19 heavy (non-hydrogen) atoms. The van der Waals surface area contributed by atoms with Crippen LogP contribution in [0.15, 0.2) is 30.5 Å². The quantitative estimate of drug-likeness (QED) is 0.894. The first-order valence-corrected chi connectivity index (χ1v) is 6.14. The number of methoxy groups -OCH3 is 1. The fourth-order valence-electron chi connectivity index (χ4n) is 2.47. The maximum atomic E-state index is 11.8. The Kier molecular flexibility index (Phi) is 2.74. The minimum absolute atomic E-state index is 0.0249. The summed E-state index contributed by atoms with van der Waals surface area (Å²) in [6, 6.07) is 7.83. The third-order valence-electron chi connectivity index (χ3n) is 3.51. The lowest BCUT2D eigenvalue weighted by molar-refractivity contribution is -0.116. The largest absolute Gasteiger partial charge is 0.497 e. The zero-order chi connectivity index (χ0) is 13.4.